The van der Waals surface area contributed by atoms with Crippen LogP contribution >= 0.6 is 0 Å². The molecule has 3 aliphatic rings. The van der Waals surface area contributed by atoms with Crippen LogP contribution in [0.25, 0.3) is 0 Å². The van der Waals surface area contributed by atoms with Crippen molar-refractivity contribution >= 4 is 5.84 Å². The second-order valence-electron chi connectivity index (χ2n) is 6.41. The van der Waals surface area contributed by atoms with Gasteiger partial charge in [-0.3, -0.25) is 4.99 Å². The van der Waals surface area contributed by atoms with Crippen molar-refractivity contribution in [2.75, 3.05) is 6.54 Å². The molecule has 2 aliphatic carbocycles. The number of hydrogen-bond donors (Lipinski definition) is 1. The Hall–Kier alpha value is -0.530. The summed E-state index contributed by atoms with van der Waals surface area (Å²) in [4.78, 5) is 4.70. The summed E-state index contributed by atoms with van der Waals surface area (Å²) >= 11 is 0. The van der Waals surface area contributed by atoms with Crippen molar-refractivity contribution in [3.8, 4) is 0 Å². The number of aliphatic imine (C=N–C) groups is 1. The maximum atomic E-state index is 4.70. The molecule has 96 valence electrons. The first-order valence-electron chi connectivity index (χ1n) is 7.63. The van der Waals surface area contributed by atoms with Gasteiger partial charge in [-0.05, 0) is 56.8 Å². The lowest BCUT2D eigenvalue weighted by Gasteiger charge is -2.29. The second-order valence-corrected chi connectivity index (χ2v) is 6.41. The van der Waals surface area contributed by atoms with E-state index in [1.54, 1.807) is 0 Å². The van der Waals surface area contributed by atoms with E-state index >= 15 is 0 Å². The summed E-state index contributed by atoms with van der Waals surface area (Å²) in [6.07, 6.45) is 11.2. The third kappa shape index (κ3) is 2.51. The van der Waals surface area contributed by atoms with Crippen molar-refractivity contribution in [2.45, 2.75) is 64.3 Å². The summed E-state index contributed by atoms with van der Waals surface area (Å²) in [6.45, 7) is 3.44. The number of rotatable bonds is 2. The van der Waals surface area contributed by atoms with Crippen LogP contribution in [0.1, 0.15) is 58.3 Å². The molecule has 3 rings (SSSR count). The normalized spacial score (nSPS) is 38.6. The second kappa shape index (κ2) is 4.99. The van der Waals surface area contributed by atoms with E-state index in [0.717, 1.165) is 24.3 Å². The highest BCUT2D eigenvalue weighted by atomic mass is 15.0. The Balaban J connectivity index is 1.55. The van der Waals surface area contributed by atoms with E-state index in [0.29, 0.717) is 6.04 Å². The Kier molecular flexibility index (Phi) is 3.39. The van der Waals surface area contributed by atoms with Crippen LogP contribution in [-0.2, 0) is 0 Å². The number of nitrogens with one attached hydrogen (secondary N) is 1. The molecule has 2 heteroatoms. The fraction of sp³-hybridized carbons (Fsp3) is 0.933. The van der Waals surface area contributed by atoms with Crippen molar-refractivity contribution in [1.29, 1.82) is 0 Å². The van der Waals surface area contributed by atoms with Crippen LogP contribution in [0, 0.1) is 17.8 Å². The fourth-order valence-corrected chi connectivity index (χ4v) is 4.27. The summed E-state index contributed by atoms with van der Waals surface area (Å²) in [5.74, 6) is 4.32. The lowest BCUT2D eigenvalue weighted by Crippen LogP contribution is -2.40. The molecule has 2 saturated carbocycles. The topological polar surface area (TPSA) is 24.4 Å². The molecule has 0 amide bonds. The highest BCUT2D eigenvalue weighted by molar-refractivity contribution is 5.82. The molecule has 4 unspecified atom stereocenters. The van der Waals surface area contributed by atoms with Gasteiger partial charge in [0.05, 0.1) is 5.84 Å². The van der Waals surface area contributed by atoms with Gasteiger partial charge in [-0.15, -0.1) is 0 Å². The molecule has 4 atom stereocenters. The van der Waals surface area contributed by atoms with Crippen LogP contribution in [-0.4, -0.2) is 18.4 Å². The van der Waals surface area contributed by atoms with E-state index in [1.807, 2.05) is 0 Å². The standard InChI is InChI=1S/C15H26N2/c1-11(14-10-12-6-7-13(14)9-12)17-15-5-3-2-4-8-16-15/h11-14H,2-10H2,1H3,(H,16,17). The first-order valence-corrected chi connectivity index (χ1v) is 7.63. The number of hydrogen-bond acceptors (Lipinski definition) is 2. The summed E-state index contributed by atoms with van der Waals surface area (Å²) in [7, 11) is 0. The maximum Gasteiger partial charge on any atom is 0.0965 e. The lowest BCUT2D eigenvalue weighted by atomic mass is 9.84. The highest BCUT2D eigenvalue weighted by Gasteiger charge is 2.41. The predicted octanol–water partition coefficient (Wildman–Crippen LogP) is 3.37. The van der Waals surface area contributed by atoms with Gasteiger partial charge in [-0.25, -0.2) is 0 Å². The molecule has 1 heterocycles. The minimum Gasteiger partial charge on any atom is -0.371 e. The van der Waals surface area contributed by atoms with E-state index < -0.39 is 0 Å². The third-order valence-corrected chi connectivity index (χ3v) is 5.20. The molecule has 0 aromatic rings. The molecule has 0 spiro atoms. The molecular formula is C15H26N2. The molecule has 1 N–H and O–H groups in total. The molecule has 1 aliphatic heterocycles. The van der Waals surface area contributed by atoms with Gasteiger partial charge in [0.1, 0.15) is 0 Å². The lowest BCUT2D eigenvalue weighted by molar-refractivity contribution is 0.278. The Labute approximate surface area is 105 Å². The third-order valence-electron chi connectivity index (χ3n) is 5.20. The van der Waals surface area contributed by atoms with E-state index in [1.165, 1.54) is 57.2 Å². The Morgan fingerprint density at radius 2 is 2.12 bits per heavy atom. The first-order chi connectivity index (χ1) is 8.33. The monoisotopic (exact) mass is 234 g/mol. The smallest absolute Gasteiger partial charge is 0.0965 e. The fourth-order valence-electron chi connectivity index (χ4n) is 4.27. The van der Waals surface area contributed by atoms with E-state index in [-0.39, 0.29) is 0 Å². The molecule has 0 radical (unpaired) electrons. The van der Waals surface area contributed by atoms with Crippen molar-refractivity contribution in [1.82, 2.24) is 5.32 Å². The van der Waals surface area contributed by atoms with Gasteiger partial charge in [0, 0.05) is 19.0 Å². The highest BCUT2D eigenvalue weighted by Crippen LogP contribution is 2.49. The average Bonchev–Trinajstić information content (AvgIpc) is 2.87. The maximum absolute atomic E-state index is 4.70. The molecule has 0 aromatic heterocycles. The quantitative estimate of drug-likeness (QED) is 0.778. The van der Waals surface area contributed by atoms with E-state index in [4.69, 9.17) is 4.99 Å². The van der Waals surface area contributed by atoms with Gasteiger partial charge >= 0.3 is 0 Å². The van der Waals surface area contributed by atoms with Crippen LogP contribution in [0.5, 0.6) is 0 Å². The molecule has 2 bridgehead atoms. The SMILES string of the molecule is CC(NC1=NCCCCC1)C1CC2CCC1C2. The van der Waals surface area contributed by atoms with Crippen LogP contribution in [0.3, 0.4) is 0 Å². The van der Waals surface area contributed by atoms with Gasteiger partial charge in [0.2, 0.25) is 0 Å². The minimum atomic E-state index is 0.655. The van der Waals surface area contributed by atoms with Crippen LogP contribution in [0.2, 0.25) is 0 Å². The van der Waals surface area contributed by atoms with Crippen molar-refractivity contribution in [3.05, 3.63) is 0 Å². The van der Waals surface area contributed by atoms with Crippen LogP contribution in [0.15, 0.2) is 4.99 Å². The van der Waals surface area contributed by atoms with Gasteiger partial charge < -0.3 is 5.32 Å². The van der Waals surface area contributed by atoms with E-state index in [9.17, 15) is 0 Å². The largest absolute Gasteiger partial charge is 0.371 e. The summed E-state index contributed by atoms with van der Waals surface area (Å²) in [5, 5.41) is 3.74. The van der Waals surface area contributed by atoms with Crippen molar-refractivity contribution in [2.24, 2.45) is 22.7 Å². The van der Waals surface area contributed by atoms with Gasteiger partial charge in [-0.2, -0.15) is 0 Å². The predicted molar refractivity (Wildman–Crippen MR) is 72.3 cm³/mol. The van der Waals surface area contributed by atoms with E-state index in [2.05, 4.69) is 12.2 Å². The van der Waals surface area contributed by atoms with Crippen LogP contribution in [0.4, 0.5) is 0 Å². The zero-order valence-electron chi connectivity index (χ0n) is 11.1. The number of nitrogens with zero attached hydrogens (tertiary/aromatic N) is 1. The Bertz CT molecular complexity index is 297. The molecule has 2 fully saturated rings. The minimum absolute atomic E-state index is 0.655. The summed E-state index contributed by atoms with van der Waals surface area (Å²) in [5.41, 5.74) is 0. The summed E-state index contributed by atoms with van der Waals surface area (Å²) in [6, 6.07) is 0.655. The zero-order chi connectivity index (χ0) is 11.7. The van der Waals surface area contributed by atoms with Gasteiger partial charge in [0.25, 0.3) is 0 Å². The molecule has 2 nitrogen and oxygen atoms in total. The summed E-state index contributed by atoms with van der Waals surface area (Å²) < 4.78 is 0. The molecule has 17 heavy (non-hydrogen) atoms. The van der Waals surface area contributed by atoms with Crippen LogP contribution < -0.4 is 5.32 Å². The molecule has 0 saturated heterocycles. The van der Waals surface area contributed by atoms with Crippen molar-refractivity contribution < 1.29 is 0 Å². The van der Waals surface area contributed by atoms with Crippen molar-refractivity contribution in [3.63, 3.8) is 0 Å². The number of amidine groups is 1. The Morgan fingerprint density at radius 1 is 1.18 bits per heavy atom. The zero-order valence-corrected chi connectivity index (χ0v) is 11.1. The Morgan fingerprint density at radius 3 is 2.88 bits per heavy atom. The number of fused-ring (bicyclic) bond motifs is 2. The average molecular weight is 234 g/mol. The molecule has 0 aromatic carbocycles. The van der Waals surface area contributed by atoms with Gasteiger partial charge in [0.15, 0.2) is 0 Å². The first kappa shape index (κ1) is 11.6. The molecular weight excluding hydrogens is 208 g/mol. The van der Waals surface area contributed by atoms with Gasteiger partial charge in [-0.1, -0.05) is 12.8 Å².